The molecule has 0 spiro atoms. The van der Waals surface area contributed by atoms with E-state index < -0.39 is 0 Å². The van der Waals surface area contributed by atoms with Crippen molar-refractivity contribution in [1.29, 1.82) is 0 Å². The second-order valence-electron chi connectivity index (χ2n) is 5.87. The number of aromatic nitrogens is 3. The van der Waals surface area contributed by atoms with Gasteiger partial charge in [0.25, 0.3) is 0 Å². The van der Waals surface area contributed by atoms with Gasteiger partial charge in [0, 0.05) is 16.7 Å². The number of fused-ring (bicyclic) bond motifs is 1. The van der Waals surface area contributed by atoms with E-state index in [0.29, 0.717) is 0 Å². The molecule has 0 aliphatic rings. The molecule has 0 aliphatic carbocycles. The van der Waals surface area contributed by atoms with Crippen molar-refractivity contribution in [2.75, 3.05) is 0 Å². The monoisotopic (exact) mass is 231 g/mol. The van der Waals surface area contributed by atoms with Crippen molar-refractivity contribution < 1.29 is 0 Å². The maximum Gasteiger partial charge on any atom is 0.158 e. The Bertz CT molecular complexity index is 586. The molecule has 0 atom stereocenters. The van der Waals surface area contributed by atoms with Crippen molar-refractivity contribution in [3.05, 3.63) is 28.2 Å². The Hall–Kier alpha value is -1.38. The van der Waals surface area contributed by atoms with Crippen molar-refractivity contribution >= 4 is 5.65 Å². The van der Waals surface area contributed by atoms with E-state index in [2.05, 4.69) is 46.6 Å². The molecule has 0 aliphatic heterocycles. The zero-order valence-corrected chi connectivity index (χ0v) is 11.8. The van der Waals surface area contributed by atoms with Crippen LogP contribution in [0, 0.1) is 27.7 Å². The van der Waals surface area contributed by atoms with E-state index in [1.165, 1.54) is 22.5 Å². The van der Waals surface area contributed by atoms with Crippen LogP contribution < -0.4 is 0 Å². The lowest BCUT2D eigenvalue weighted by molar-refractivity contribution is 0.561. The molecular formula is C14H21N3. The van der Waals surface area contributed by atoms with Gasteiger partial charge in [-0.15, -0.1) is 0 Å². The van der Waals surface area contributed by atoms with Gasteiger partial charge in [0.1, 0.15) is 0 Å². The molecule has 17 heavy (non-hydrogen) atoms. The Balaban J connectivity index is 2.90. The third-order valence-corrected chi connectivity index (χ3v) is 3.47. The molecule has 92 valence electrons. The third-order valence-electron chi connectivity index (χ3n) is 3.47. The zero-order valence-electron chi connectivity index (χ0n) is 11.8. The third kappa shape index (κ3) is 1.74. The second-order valence-corrected chi connectivity index (χ2v) is 5.87. The molecular weight excluding hydrogens is 210 g/mol. The van der Waals surface area contributed by atoms with Crippen LogP contribution >= 0.6 is 0 Å². The Morgan fingerprint density at radius 1 is 0.941 bits per heavy atom. The molecule has 3 heteroatoms. The van der Waals surface area contributed by atoms with Gasteiger partial charge in [-0.25, -0.2) is 9.50 Å². The normalized spacial score (nSPS) is 12.4. The van der Waals surface area contributed by atoms with Crippen molar-refractivity contribution in [2.24, 2.45) is 0 Å². The number of hydrogen-bond acceptors (Lipinski definition) is 2. The second kappa shape index (κ2) is 3.56. The van der Waals surface area contributed by atoms with Crippen molar-refractivity contribution in [3.63, 3.8) is 0 Å². The SMILES string of the molecule is Cc1nn2c(C)c(C)c(C(C)(C)C)nc2c1C. The smallest absolute Gasteiger partial charge is 0.158 e. The summed E-state index contributed by atoms with van der Waals surface area (Å²) in [6.45, 7) is 15.0. The summed E-state index contributed by atoms with van der Waals surface area (Å²) in [5.41, 5.74) is 6.91. The first-order valence-corrected chi connectivity index (χ1v) is 6.07. The highest BCUT2D eigenvalue weighted by molar-refractivity contribution is 5.52. The van der Waals surface area contributed by atoms with Crippen LogP contribution in [-0.2, 0) is 5.41 Å². The van der Waals surface area contributed by atoms with Crippen molar-refractivity contribution in [3.8, 4) is 0 Å². The molecule has 0 amide bonds. The van der Waals surface area contributed by atoms with E-state index in [4.69, 9.17) is 4.98 Å². The number of aryl methyl sites for hydroxylation is 3. The summed E-state index contributed by atoms with van der Waals surface area (Å²) in [6, 6.07) is 0. The van der Waals surface area contributed by atoms with Gasteiger partial charge in [-0.2, -0.15) is 5.10 Å². The summed E-state index contributed by atoms with van der Waals surface area (Å²) < 4.78 is 1.97. The number of rotatable bonds is 0. The maximum atomic E-state index is 4.83. The van der Waals surface area contributed by atoms with Gasteiger partial charge >= 0.3 is 0 Å². The van der Waals surface area contributed by atoms with Gasteiger partial charge in [0.15, 0.2) is 5.65 Å². The van der Waals surface area contributed by atoms with Gasteiger partial charge in [0.2, 0.25) is 0 Å². The topological polar surface area (TPSA) is 30.2 Å². The van der Waals surface area contributed by atoms with Crippen LogP contribution in [0.4, 0.5) is 0 Å². The molecule has 0 fully saturated rings. The first-order chi connectivity index (χ1) is 7.73. The lowest BCUT2D eigenvalue weighted by Gasteiger charge is -2.21. The van der Waals surface area contributed by atoms with Crippen LogP contribution in [-0.4, -0.2) is 14.6 Å². The van der Waals surface area contributed by atoms with Crippen LogP contribution in [0.25, 0.3) is 5.65 Å². The van der Waals surface area contributed by atoms with Crippen molar-refractivity contribution in [1.82, 2.24) is 14.6 Å². The molecule has 2 rings (SSSR count). The highest BCUT2D eigenvalue weighted by Crippen LogP contribution is 2.27. The molecule has 0 unspecified atom stereocenters. The molecule has 0 saturated heterocycles. The molecule has 0 aromatic carbocycles. The highest BCUT2D eigenvalue weighted by Gasteiger charge is 2.22. The van der Waals surface area contributed by atoms with E-state index in [-0.39, 0.29) is 5.41 Å². The van der Waals surface area contributed by atoms with E-state index >= 15 is 0 Å². The summed E-state index contributed by atoms with van der Waals surface area (Å²) in [5, 5.41) is 4.55. The molecule has 0 bridgehead atoms. The van der Waals surface area contributed by atoms with Crippen LogP contribution in [0.1, 0.15) is 49.0 Å². The number of hydrogen-bond donors (Lipinski definition) is 0. The van der Waals surface area contributed by atoms with Gasteiger partial charge in [-0.1, -0.05) is 20.8 Å². The first-order valence-electron chi connectivity index (χ1n) is 6.07. The molecule has 0 saturated carbocycles. The van der Waals surface area contributed by atoms with Crippen LogP contribution in [0.3, 0.4) is 0 Å². The molecule has 2 heterocycles. The quantitative estimate of drug-likeness (QED) is 0.696. The summed E-state index contributed by atoms with van der Waals surface area (Å²) in [6.07, 6.45) is 0. The predicted octanol–water partition coefficient (Wildman–Crippen LogP) is 3.26. The lowest BCUT2D eigenvalue weighted by Crippen LogP contribution is -2.18. The molecule has 0 radical (unpaired) electrons. The van der Waals surface area contributed by atoms with E-state index in [1.807, 2.05) is 11.4 Å². The summed E-state index contributed by atoms with van der Waals surface area (Å²) in [5.74, 6) is 0. The van der Waals surface area contributed by atoms with Gasteiger partial charge in [-0.05, 0) is 33.3 Å². The number of nitrogens with zero attached hydrogens (tertiary/aromatic N) is 3. The van der Waals surface area contributed by atoms with Gasteiger partial charge in [0.05, 0.1) is 11.4 Å². The summed E-state index contributed by atoms with van der Waals surface area (Å²) >= 11 is 0. The molecule has 3 nitrogen and oxygen atoms in total. The van der Waals surface area contributed by atoms with E-state index in [1.54, 1.807) is 0 Å². The average molecular weight is 231 g/mol. The zero-order chi connectivity index (χ0) is 13.0. The fourth-order valence-electron chi connectivity index (χ4n) is 2.21. The molecule has 2 aromatic rings. The Kier molecular flexibility index (Phi) is 2.53. The van der Waals surface area contributed by atoms with Crippen LogP contribution in [0.15, 0.2) is 0 Å². The minimum Gasteiger partial charge on any atom is -0.232 e. The Morgan fingerprint density at radius 3 is 2.06 bits per heavy atom. The van der Waals surface area contributed by atoms with Gasteiger partial charge < -0.3 is 0 Å². The maximum absolute atomic E-state index is 4.83. The van der Waals surface area contributed by atoms with E-state index in [9.17, 15) is 0 Å². The minimum absolute atomic E-state index is 0.0706. The Labute approximate surface area is 103 Å². The van der Waals surface area contributed by atoms with Crippen LogP contribution in [0.5, 0.6) is 0 Å². The molecule has 2 aromatic heterocycles. The standard InChI is InChI=1S/C14H21N3/c1-8-10(3)16-17-11(4)9(2)12(14(5,6)7)15-13(8)17/h1-7H3. The predicted molar refractivity (Wildman–Crippen MR) is 70.6 cm³/mol. The first kappa shape index (κ1) is 12.1. The summed E-state index contributed by atoms with van der Waals surface area (Å²) in [4.78, 5) is 4.83. The largest absolute Gasteiger partial charge is 0.232 e. The highest BCUT2D eigenvalue weighted by atomic mass is 15.3. The minimum atomic E-state index is 0.0706. The fourth-order valence-corrected chi connectivity index (χ4v) is 2.21. The van der Waals surface area contributed by atoms with Gasteiger partial charge in [-0.3, -0.25) is 0 Å². The average Bonchev–Trinajstić information content (AvgIpc) is 2.48. The van der Waals surface area contributed by atoms with Crippen molar-refractivity contribution in [2.45, 2.75) is 53.9 Å². The van der Waals surface area contributed by atoms with E-state index in [0.717, 1.165) is 11.3 Å². The lowest BCUT2D eigenvalue weighted by atomic mass is 9.88. The fraction of sp³-hybridized carbons (Fsp3) is 0.571. The van der Waals surface area contributed by atoms with Crippen LogP contribution in [0.2, 0.25) is 0 Å². The molecule has 0 N–H and O–H groups in total. The summed E-state index contributed by atoms with van der Waals surface area (Å²) in [7, 11) is 0. The Morgan fingerprint density at radius 2 is 1.53 bits per heavy atom.